The summed E-state index contributed by atoms with van der Waals surface area (Å²) in [6.07, 6.45) is 2.85. The van der Waals surface area contributed by atoms with Gasteiger partial charge < -0.3 is 14.7 Å². The van der Waals surface area contributed by atoms with Gasteiger partial charge in [-0.3, -0.25) is 0 Å². The molecular weight excluding hydrogens is 214 g/mol. The van der Waals surface area contributed by atoms with Gasteiger partial charge in [-0.15, -0.1) is 0 Å². The molecule has 1 heterocycles. The van der Waals surface area contributed by atoms with Crippen LogP contribution in [-0.2, 0) is 0 Å². The lowest BCUT2D eigenvalue weighted by Crippen LogP contribution is -2.26. The molecule has 0 saturated carbocycles. The van der Waals surface area contributed by atoms with Crippen molar-refractivity contribution in [2.75, 3.05) is 20.7 Å². The molecule has 1 saturated heterocycles. The van der Waals surface area contributed by atoms with Crippen LogP contribution in [-0.4, -0.2) is 36.8 Å². The molecule has 3 heteroatoms. The monoisotopic (exact) mass is 235 g/mol. The topological polar surface area (TPSA) is 32.7 Å². The van der Waals surface area contributed by atoms with Gasteiger partial charge in [0, 0.05) is 6.04 Å². The minimum Gasteiger partial charge on any atom is -0.497 e. The number of hydrogen-bond donors (Lipinski definition) is 1. The second-order valence-electron chi connectivity index (χ2n) is 4.80. The van der Waals surface area contributed by atoms with Crippen molar-refractivity contribution in [2.45, 2.75) is 31.4 Å². The van der Waals surface area contributed by atoms with Crippen LogP contribution in [0.25, 0.3) is 0 Å². The van der Waals surface area contributed by atoms with E-state index in [4.69, 9.17) is 4.74 Å². The van der Waals surface area contributed by atoms with Crippen molar-refractivity contribution in [2.24, 2.45) is 0 Å². The molecule has 1 aliphatic heterocycles. The molecule has 3 nitrogen and oxygen atoms in total. The number of nitrogens with zero attached hydrogens (tertiary/aromatic N) is 1. The zero-order valence-corrected chi connectivity index (χ0v) is 10.6. The Hall–Kier alpha value is -1.06. The minimum atomic E-state index is -0.393. The number of ether oxygens (including phenoxy) is 1. The Morgan fingerprint density at radius 1 is 1.53 bits per heavy atom. The molecule has 2 rings (SSSR count). The molecule has 1 aromatic carbocycles. The van der Waals surface area contributed by atoms with E-state index in [9.17, 15) is 5.11 Å². The third kappa shape index (κ3) is 2.99. The van der Waals surface area contributed by atoms with E-state index in [1.165, 1.54) is 12.8 Å². The highest BCUT2D eigenvalue weighted by atomic mass is 16.5. The fourth-order valence-corrected chi connectivity index (χ4v) is 2.52. The van der Waals surface area contributed by atoms with Crippen LogP contribution in [0.1, 0.15) is 30.9 Å². The van der Waals surface area contributed by atoms with Gasteiger partial charge >= 0.3 is 0 Å². The molecule has 0 aromatic heterocycles. The van der Waals surface area contributed by atoms with Crippen LogP contribution in [0.4, 0.5) is 0 Å². The minimum absolute atomic E-state index is 0.393. The molecule has 0 spiro atoms. The summed E-state index contributed by atoms with van der Waals surface area (Å²) >= 11 is 0. The van der Waals surface area contributed by atoms with Gasteiger partial charge in [0.15, 0.2) is 0 Å². The number of aliphatic hydroxyl groups excluding tert-OH is 1. The first kappa shape index (κ1) is 12.4. The van der Waals surface area contributed by atoms with Crippen molar-refractivity contribution in [3.8, 4) is 5.75 Å². The summed E-state index contributed by atoms with van der Waals surface area (Å²) in [5, 5.41) is 10.2. The smallest absolute Gasteiger partial charge is 0.119 e. The largest absolute Gasteiger partial charge is 0.497 e. The summed E-state index contributed by atoms with van der Waals surface area (Å²) in [7, 11) is 3.78. The Labute approximate surface area is 103 Å². The average molecular weight is 235 g/mol. The van der Waals surface area contributed by atoms with Crippen molar-refractivity contribution in [1.82, 2.24) is 4.90 Å². The molecule has 2 atom stereocenters. The van der Waals surface area contributed by atoms with Gasteiger partial charge in [-0.05, 0) is 50.6 Å². The molecule has 0 amide bonds. The summed E-state index contributed by atoms with van der Waals surface area (Å²) in [6, 6.07) is 8.21. The highest BCUT2D eigenvalue weighted by Gasteiger charge is 2.24. The Balaban J connectivity index is 2.00. The fourth-order valence-electron chi connectivity index (χ4n) is 2.52. The van der Waals surface area contributed by atoms with E-state index in [-0.39, 0.29) is 0 Å². The molecular formula is C14H21NO2. The Morgan fingerprint density at radius 3 is 3.00 bits per heavy atom. The van der Waals surface area contributed by atoms with Gasteiger partial charge in [0.25, 0.3) is 0 Å². The predicted octanol–water partition coefficient (Wildman–Crippen LogP) is 2.21. The van der Waals surface area contributed by atoms with E-state index >= 15 is 0 Å². The average Bonchev–Trinajstić information content (AvgIpc) is 2.75. The lowest BCUT2D eigenvalue weighted by molar-refractivity contribution is 0.130. The van der Waals surface area contributed by atoms with Crippen molar-refractivity contribution < 1.29 is 9.84 Å². The Morgan fingerprint density at radius 2 is 2.35 bits per heavy atom. The van der Waals surface area contributed by atoms with Gasteiger partial charge in [0.2, 0.25) is 0 Å². The normalized spacial score (nSPS) is 22.6. The molecule has 1 fully saturated rings. The van der Waals surface area contributed by atoms with Gasteiger partial charge in [0.05, 0.1) is 13.2 Å². The SMILES string of the molecule is COc1cccc([C@H](O)C[C@H]2CCCN2C)c1. The molecule has 17 heavy (non-hydrogen) atoms. The van der Waals surface area contributed by atoms with E-state index in [2.05, 4.69) is 11.9 Å². The van der Waals surface area contributed by atoms with Crippen molar-refractivity contribution in [3.05, 3.63) is 29.8 Å². The molecule has 1 aliphatic rings. The van der Waals surface area contributed by atoms with Gasteiger partial charge in [-0.25, -0.2) is 0 Å². The Kier molecular flexibility index (Phi) is 4.02. The zero-order chi connectivity index (χ0) is 12.3. The number of benzene rings is 1. The zero-order valence-electron chi connectivity index (χ0n) is 10.6. The lowest BCUT2D eigenvalue weighted by Gasteiger charge is -2.22. The molecule has 0 radical (unpaired) electrons. The van der Waals surface area contributed by atoms with Crippen LogP contribution < -0.4 is 4.74 Å². The summed E-state index contributed by atoms with van der Waals surface area (Å²) in [5.41, 5.74) is 0.949. The van der Waals surface area contributed by atoms with Gasteiger partial charge in [-0.2, -0.15) is 0 Å². The van der Waals surface area contributed by atoms with E-state index < -0.39 is 6.10 Å². The molecule has 0 unspecified atom stereocenters. The van der Waals surface area contributed by atoms with E-state index in [1.807, 2.05) is 24.3 Å². The second-order valence-corrected chi connectivity index (χ2v) is 4.80. The fraction of sp³-hybridized carbons (Fsp3) is 0.571. The van der Waals surface area contributed by atoms with Crippen LogP contribution in [0.3, 0.4) is 0 Å². The summed E-state index contributed by atoms with van der Waals surface area (Å²) in [5.74, 6) is 0.807. The van der Waals surface area contributed by atoms with Gasteiger partial charge in [0.1, 0.15) is 5.75 Å². The van der Waals surface area contributed by atoms with Crippen LogP contribution in [0, 0.1) is 0 Å². The van der Waals surface area contributed by atoms with Crippen LogP contribution in [0.5, 0.6) is 5.75 Å². The molecule has 1 N–H and O–H groups in total. The predicted molar refractivity (Wildman–Crippen MR) is 68.2 cm³/mol. The number of hydrogen-bond acceptors (Lipinski definition) is 3. The maximum atomic E-state index is 10.2. The van der Waals surface area contributed by atoms with Crippen molar-refractivity contribution in [1.29, 1.82) is 0 Å². The molecule has 1 aromatic rings. The van der Waals surface area contributed by atoms with E-state index in [0.717, 1.165) is 24.3 Å². The van der Waals surface area contributed by atoms with Crippen molar-refractivity contribution >= 4 is 0 Å². The Bertz CT molecular complexity index is 367. The lowest BCUT2D eigenvalue weighted by atomic mass is 10.0. The molecule has 0 bridgehead atoms. The van der Waals surface area contributed by atoms with Crippen molar-refractivity contribution in [3.63, 3.8) is 0 Å². The maximum absolute atomic E-state index is 10.2. The van der Waals surface area contributed by atoms with E-state index in [1.54, 1.807) is 7.11 Å². The maximum Gasteiger partial charge on any atom is 0.119 e. The first-order valence-electron chi connectivity index (χ1n) is 6.23. The second kappa shape index (κ2) is 5.52. The number of aliphatic hydroxyl groups is 1. The quantitative estimate of drug-likeness (QED) is 0.868. The molecule has 94 valence electrons. The standard InChI is InChI=1S/C14H21NO2/c1-15-8-4-6-12(15)10-14(16)11-5-3-7-13(9-11)17-2/h3,5,7,9,12,14,16H,4,6,8,10H2,1-2H3/t12-,14-/m1/s1. The third-order valence-electron chi connectivity index (χ3n) is 3.65. The highest BCUT2D eigenvalue weighted by Crippen LogP contribution is 2.27. The number of rotatable bonds is 4. The summed E-state index contributed by atoms with van der Waals surface area (Å²) in [4.78, 5) is 2.34. The number of likely N-dealkylation sites (tertiary alicyclic amines) is 1. The summed E-state index contributed by atoms with van der Waals surface area (Å²) in [6.45, 7) is 1.15. The van der Waals surface area contributed by atoms with E-state index in [0.29, 0.717) is 6.04 Å². The third-order valence-corrected chi connectivity index (χ3v) is 3.65. The highest BCUT2D eigenvalue weighted by molar-refractivity contribution is 5.29. The van der Waals surface area contributed by atoms with Crippen LogP contribution in [0.2, 0.25) is 0 Å². The first-order valence-corrected chi connectivity index (χ1v) is 6.23. The first-order chi connectivity index (χ1) is 8.20. The summed E-state index contributed by atoms with van der Waals surface area (Å²) < 4.78 is 5.17. The van der Waals surface area contributed by atoms with Crippen LogP contribution >= 0.6 is 0 Å². The van der Waals surface area contributed by atoms with Gasteiger partial charge in [-0.1, -0.05) is 12.1 Å². The van der Waals surface area contributed by atoms with Crippen LogP contribution in [0.15, 0.2) is 24.3 Å². The number of methoxy groups -OCH3 is 1. The molecule has 0 aliphatic carbocycles.